The van der Waals surface area contributed by atoms with Crippen LogP contribution in [0.1, 0.15) is 21.6 Å². The number of anilines is 1. The zero-order valence-electron chi connectivity index (χ0n) is 10.6. The van der Waals surface area contributed by atoms with Crippen molar-refractivity contribution in [2.24, 2.45) is 0 Å². The van der Waals surface area contributed by atoms with Gasteiger partial charge in [-0.05, 0) is 24.0 Å². The van der Waals surface area contributed by atoms with Gasteiger partial charge < -0.3 is 9.84 Å². The zero-order chi connectivity index (χ0) is 14.5. The minimum absolute atomic E-state index is 0.00772. The number of aryl methyl sites for hydroxylation is 1. The Balaban J connectivity index is 1.97. The summed E-state index contributed by atoms with van der Waals surface area (Å²) in [5, 5.41) is 11.6. The lowest BCUT2D eigenvalue weighted by molar-refractivity contribution is 0.0697. The number of benzene rings is 1. The highest BCUT2D eigenvalue weighted by molar-refractivity contribution is 7.10. The highest BCUT2D eigenvalue weighted by atomic mass is 32.1. The molecule has 1 heterocycles. The summed E-state index contributed by atoms with van der Waals surface area (Å²) in [7, 11) is 0. The van der Waals surface area contributed by atoms with Crippen LogP contribution < -0.4 is 5.32 Å². The average Bonchev–Trinajstić information content (AvgIpc) is 2.78. The van der Waals surface area contributed by atoms with Gasteiger partial charge in [0.2, 0.25) is 0 Å². The molecule has 0 saturated carbocycles. The van der Waals surface area contributed by atoms with Crippen molar-refractivity contribution in [2.75, 3.05) is 5.32 Å². The second-order valence-corrected chi connectivity index (χ2v) is 4.74. The van der Waals surface area contributed by atoms with E-state index in [1.165, 1.54) is 0 Å². The standard InChI is InChI=1S/C13H12N2O4S/c1-8-10(12(16)17)11(20-15-8)14-13(18)19-7-9-5-3-2-4-6-9/h2-6H,7H2,1H3,(H,14,18)(H,16,17). The number of carbonyl (C=O) groups is 2. The second kappa shape index (κ2) is 6.16. The Hall–Kier alpha value is -2.41. The number of carboxylic acids is 1. The maximum absolute atomic E-state index is 11.6. The lowest BCUT2D eigenvalue weighted by atomic mass is 10.2. The number of nitrogens with one attached hydrogen (secondary N) is 1. The van der Waals surface area contributed by atoms with E-state index in [0.29, 0.717) is 5.69 Å². The Morgan fingerprint density at radius 1 is 1.35 bits per heavy atom. The van der Waals surface area contributed by atoms with Gasteiger partial charge in [0.25, 0.3) is 0 Å². The fraction of sp³-hybridized carbons (Fsp3) is 0.154. The van der Waals surface area contributed by atoms with E-state index < -0.39 is 12.1 Å². The van der Waals surface area contributed by atoms with Crippen molar-refractivity contribution in [1.82, 2.24) is 4.37 Å². The van der Waals surface area contributed by atoms with Crippen LogP contribution in [0.4, 0.5) is 9.80 Å². The van der Waals surface area contributed by atoms with Gasteiger partial charge in [-0.2, -0.15) is 4.37 Å². The van der Waals surface area contributed by atoms with Gasteiger partial charge in [0, 0.05) is 0 Å². The first kappa shape index (κ1) is 14.0. The quantitative estimate of drug-likeness (QED) is 0.904. The van der Waals surface area contributed by atoms with Gasteiger partial charge in [-0.3, -0.25) is 5.32 Å². The van der Waals surface area contributed by atoms with Crippen molar-refractivity contribution in [3.05, 3.63) is 47.2 Å². The van der Waals surface area contributed by atoms with Gasteiger partial charge in [0.05, 0.1) is 5.69 Å². The van der Waals surface area contributed by atoms with Gasteiger partial charge in [0.1, 0.15) is 17.2 Å². The highest BCUT2D eigenvalue weighted by Gasteiger charge is 2.19. The van der Waals surface area contributed by atoms with Crippen molar-refractivity contribution < 1.29 is 19.4 Å². The average molecular weight is 292 g/mol. The van der Waals surface area contributed by atoms with E-state index in [9.17, 15) is 9.59 Å². The van der Waals surface area contributed by atoms with Crippen LogP contribution in [-0.4, -0.2) is 21.5 Å². The number of nitrogens with zero attached hydrogens (tertiary/aromatic N) is 1. The van der Waals surface area contributed by atoms with E-state index in [1.807, 2.05) is 30.3 Å². The maximum Gasteiger partial charge on any atom is 0.412 e. The molecule has 0 spiro atoms. The van der Waals surface area contributed by atoms with Crippen LogP contribution in [0.25, 0.3) is 0 Å². The number of carbonyl (C=O) groups excluding carboxylic acids is 1. The van der Waals surface area contributed by atoms with Crippen molar-refractivity contribution in [1.29, 1.82) is 0 Å². The molecule has 20 heavy (non-hydrogen) atoms. The molecule has 2 rings (SSSR count). The van der Waals surface area contributed by atoms with Crippen LogP contribution in [0.15, 0.2) is 30.3 Å². The molecule has 1 aromatic carbocycles. The molecule has 6 nitrogen and oxygen atoms in total. The molecule has 1 aromatic heterocycles. The fourth-order valence-corrected chi connectivity index (χ4v) is 2.33. The minimum atomic E-state index is -1.13. The van der Waals surface area contributed by atoms with E-state index >= 15 is 0 Å². The Kier molecular flexibility index (Phi) is 4.31. The fourth-order valence-electron chi connectivity index (χ4n) is 1.56. The van der Waals surface area contributed by atoms with Crippen molar-refractivity contribution in [3.63, 3.8) is 0 Å². The first-order valence-corrected chi connectivity index (χ1v) is 6.52. The number of amides is 1. The molecule has 2 aromatic rings. The minimum Gasteiger partial charge on any atom is -0.478 e. The van der Waals surface area contributed by atoms with E-state index in [0.717, 1.165) is 17.1 Å². The normalized spacial score (nSPS) is 10.1. The van der Waals surface area contributed by atoms with Gasteiger partial charge in [-0.1, -0.05) is 30.3 Å². The molecular formula is C13H12N2O4S. The van der Waals surface area contributed by atoms with Gasteiger partial charge >= 0.3 is 12.1 Å². The van der Waals surface area contributed by atoms with E-state index in [2.05, 4.69) is 9.69 Å². The predicted octanol–water partition coefficient (Wildman–Crippen LogP) is 2.90. The molecule has 0 aliphatic rings. The number of aromatic nitrogens is 1. The third-order valence-electron chi connectivity index (χ3n) is 2.50. The highest BCUT2D eigenvalue weighted by Crippen LogP contribution is 2.24. The molecule has 104 valence electrons. The lowest BCUT2D eigenvalue weighted by Gasteiger charge is -2.06. The summed E-state index contributed by atoms with van der Waals surface area (Å²) in [6.45, 7) is 1.69. The van der Waals surface area contributed by atoms with Crippen molar-refractivity contribution >= 4 is 28.6 Å². The lowest BCUT2D eigenvalue weighted by Crippen LogP contribution is -2.14. The monoisotopic (exact) mass is 292 g/mol. The van der Waals surface area contributed by atoms with Gasteiger partial charge in [0.15, 0.2) is 0 Å². The van der Waals surface area contributed by atoms with E-state index in [4.69, 9.17) is 9.84 Å². The predicted molar refractivity (Wildman–Crippen MR) is 74.1 cm³/mol. The number of aromatic carboxylic acids is 1. The summed E-state index contributed by atoms with van der Waals surface area (Å²) >= 11 is 0.912. The first-order chi connectivity index (χ1) is 9.58. The number of hydrogen-bond acceptors (Lipinski definition) is 5. The van der Waals surface area contributed by atoms with E-state index in [1.54, 1.807) is 6.92 Å². The summed E-state index contributed by atoms with van der Waals surface area (Å²) in [6, 6.07) is 9.19. The first-order valence-electron chi connectivity index (χ1n) is 5.75. The Labute approximate surface area is 119 Å². The van der Waals surface area contributed by atoms with Crippen LogP contribution >= 0.6 is 11.5 Å². The molecule has 0 bridgehead atoms. The Bertz CT molecular complexity index is 625. The summed E-state index contributed by atoms with van der Waals surface area (Å²) in [6.07, 6.45) is -0.708. The number of ether oxygens (including phenoxy) is 1. The molecule has 0 atom stereocenters. The molecule has 2 N–H and O–H groups in total. The molecule has 0 aliphatic heterocycles. The van der Waals surface area contributed by atoms with Crippen LogP contribution in [0, 0.1) is 6.92 Å². The Morgan fingerprint density at radius 2 is 2.05 bits per heavy atom. The smallest absolute Gasteiger partial charge is 0.412 e. The second-order valence-electron chi connectivity index (χ2n) is 3.96. The maximum atomic E-state index is 11.6. The van der Waals surface area contributed by atoms with Gasteiger partial charge in [-0.15, -0.1) is 0 Å². The molecule has 0 radical (unpaired) electrons. The summed E-state index contributed by atoms with van der Waals surface area (Å²) in [5.41, 5.74) is 1.20. The van der Waals surface area contributed by atoms with Gasteiger partial charge in [-0.25, -0.2) is 9.59 Å². The molecule has 0 unspecified atom stereocenters. The molecule has 0 aliphatic carbocycles. The molecule has 0 saturated heterocycles. The summed E-state index contributed by atoms with van der Waals surface area (Å²) in [5.74, 6) is -1.13. The van der Waals surface area contributed by atoms with E-state index in [-0.39, 0.29) is 17.2 Å². The molecule has 7 heteroatoms. The summed E-state index contributed by atoms with van der Waals surface area (Å²) < 4.78 is 8.91. The van der Waals surface area contributed by atoms with Crippen LogP contribution in [0.3, 0.4) is 0 Å². The molecular weight excluding hydrogens is 280 g/mol. The number of hydrogen-bond donors (Lipinski definition) is 2. The topological polar surface area (TPSA) is 88.5 Å². The largest absolute Gasteiger partial charge is 0.478 e. The number of carboxylic acid groups (broad SMARTS) is 1. The van der Waals surface area contributed by atoms with Crippen molar-refractivity contribution in [2.45, 2.75) is 13.5 Å². The van der Waals surface area contributed by atoms with Crippen LogP contribution in [0.5, 0.6) is 0 Å². The third-order valence-corrected chi connectivity index (χ3v) is 3.36. The van der Waals surface area contributed by atoms with Crippen LogP contribution in [0.2, 0.25) is 0 Å². The number of rotatable bonds is 4. The Morgan fingerprint density at radius 3 is 2.70 bits per heavy atom. The van der Waals surface area contributed by atoms with Crippen LogP contribution in [-0.2, 0) is 11.3 Å². The third kappa shape index (κ3) is 3.33. The SMILES string of the molecule is Cc1nsc(NC(=O)OCc2ccccc2)c1C(=O)O. The zero-order valence-corrected chi connectivity index (χ0v) is 11.4. The molecule has 0 fully saturated rings. The molecule has 1 amide bonds. The summed E-state index contributed by atoms with van der Waals surface area (Å²) in [4.78, 5) is 22.7. The van der Waals surface area contributed by atoms with Crippen molar-refractivity contribution in [3.8, 4) is 0 Å².